The minimum absolute atomic E-state index is 0.0484. The van der Waals surface area contributed by atoms with Crippen molar-refractivity contribution in [3.8, 4) is 11.8 Å². The molecule has 4 nitrogen and oxygen atoms in total. The van der Waals surface area contributed by atoms with Gasteiger partial charge in [0, 0.05) is 25.9 Å². The molecule has 2 atom stereocenters. The molecule has 0 aromatic rings. The zero-order valence-corrected chi connectivity index (χ0v) is 9.30. The van der Waals surface area contributed by atoms with Crippen LogP contribution in [0.4, 0.5) is 4.79 Å². The Balaban J connectivity index is 2.27. The summed E-state index contributed by atoms with van der Waals surface area (Å²) >= 11 is 0. The predicted octanol–water partition coefficient (Wildman–Crippen LogP) is 0.876. The number of ether oxygens (including phenoxy) is 1. The van der Waals surface area contributed by atoms with Crippen LogP contribution in [0.2, 0.25) is 0 Å². The van der Waals surface area contributed by atoms with Crippen LogP contribution in [-0.4, -0.2) is 31.3 Å². The highest BCUT2D eigenvalue weighted by molar-refractivity contribution is 5.67. The molecular weight excluding hydrogens is 192 g/mol. The van der Waals surface area contributed by atoms with E-state index in [0.717, 1.165) is 12.8 Å². The van der Waals surface area contributed by atoms with Gasteiger partial charge in [-0.2, -0.15) is 0 Å². The molecule has 1 rings (SSSR count). The summed E-state index contributed by atoms with van der Waals surface area (Å²) in [6.45, 7) is 5.17. The number of amides is 1. The largest absolute Gasteiger partial charge is 0.445 e. The van der Waals surface area contributed by atoms with Gasteiger partial charge in [0.1, 0.15) is 6.10 Å². The maximum atomic E-state index is 11.1. The molecule has 1 heterocycles. The van der Waals surface area contributed by atoms with E-state index in [1.807, 2.05) is 13.8 Å². The molecule has 0 unspecified atom stereocenters. The van der Waals surface area contributed by atoms with Crippen molar-refractivity contribution in [2.24, 2.45) is 0 Å². The normalized spacial score (nSPS) is 24.1. The minimum Gasteiger partial charge on any atom is -0.445 e. The van der Waals surface area contributed by atoms with Crippen molar-refractivity contribution >= 4 is 6.09 Å². The van der Waals surface area contributed by atoms with Crippen molar-refractivity contribution in [2.75, 3.05) is 13.1 Å². The Bertz CT molecular complexity index is 267. The summed E-state index contributed by atoms with van der Waals surface area (Å²) in [6.07, 6.45) is 1.26. The number of carbonyl (C=O) groups is 1. The second-order valence-electron chi connectivity index (χ2n) is 3.43. The number of rotatable bonds is 2. The Morgan fingerprint density at radius 3 is 3.07 bits per heavy atom. The van der Waals surface area contributed by atoms with Crippen LogP contribution in [0.1, 0.15) is 26.7 Å². The number of alkyl carbamates (subject to hydrolysis) is 1. The zero-order valence-electron chi connectivity index (χ0n) is 9.30. The molecule has 4 heteroatoms. The SMILES string of the molecule is CCC#C[C@H]1C[C@H](OC(=O)NCC)CN1. The molecule has 0 aromatic carbocycles. The summed E-state index contributed by atoms with van der Waals surface area (Å²) in [6, 6.07) is 0.171. The predicted molar refractivity (Wildman–Crippen MR) is 58.4 cm³/mol. The smallest absolute Gasteiger partial charge is 0.407 e. The molecule has 0 radical (unpaired) electrons. The molecule has 1 aliphatic rings. The summed E-state index contributed by atoms with van der Waals surface area (Å²) in [7, 11) is 0. The number of hydrogen-bond acceptors (Lipinski definition) is 3. The van der Waals surface area contributed by atoms with E-state index >= 15 is 0 Å². The number of carbonyl (C=O) groups excluding carboxylic acids is 1. The van der Waals surface area contributed by atoms with Crippen LogP contribution in [0.15, 0.2) is 0 Å². The van der Waals surface area contributed by atoms with E-state index in [1.54, 1.807) is 0 Å². The average Bonchev–Trinajstić information content (AvgIpc) is 2.63. The Hall–Kier alpha value is -1.21. The van der Waals surface area contributed by atoms with Gasteiger partial charge in [-0.3, -0.25) is 5.32 Å². The summed E-state index contributed by atoms with van der Waals surface area (Å²) < 4.78 is 5.18. The van der Waals surface area contributed by atoms with Crippen molar-refractivity contribution in [1.29, 1.82) is 0 Å². The number of hydrogen-bond donors (Lipinski definition) is 2. The van der Waals surface area contributed by atoms with Gasteiger partial charge in [0.2, 0.25) is 0 Å². The summed E-state index contributed by atoms with van der Waals surface area (Å²) in [5.41, 5.74) is 0. The van der Waals surface area contributed by atoms with Crippen molar-refractivity contribution in [3.63, 3.8) is 0 Å². The topological polar surface area (TPSA) is 50.4 Å². The molecule has 1 saturated heterocycles. The lowest BCUT2D eigenvalue weighted by molar-refractivity contribution is 0.107. The van der Waals surface area contributed by atoms with Gasteiger partial charge in [-0.15, -0.1) is 5.92 Å². The first-order valence-electron chi connectivity index (χ1n) is 5.42. The highest BCUT2D eigenvalue weighted by Gasteiger charge is 2.25. The molecule has 2 N–H and O–H groups in total. The van der Waals surface area contributed by atoms with Gasteiger partial charge < -0.3 is 10.1 Å². The van der Waals surface area contributed by atoms with E-state index in [2.05, 4.69) is 22.5 Å². The van der Waals surface area contributed by atoms with Crippen LogP contribution >= 0.6 is 0 Å². The van der Waals surface area contributed by atoms with Gasteiger partial charge in [-0.25, -0.2) is 4.79 Å². The number of nitrogens with one attached hydrogen (secondary N) is 2. The lowest BCUT2D eigenvalue weighted by Gasteiger charge is -2.10. The Morgan fingerprint density at radius 1 is 1.60 bits per heavy atom. The zero-order chi connectivity index (χ0) is 11.1. The molecule has 0 saturated carbocycles. The fraction of sp³-hybridized carbons (Fsp3) is 0.727. The fourth-order valence-electron chi connectivity index (χ4n) is 1.47. The molecule has 0 aliphatic carbocycles. The molecular formula is C11H18N2O2. The van der Waals surface area contributed by atoms with Crippen LogP contribution < -0.4 is 10.6 Å². The molecule has 0 aromatic heterocycles. The van der Waals surface area contributed by atoms with Crippen molar-refractivity contribution in [2.45, 2.75) is 38.8 Å². The first kappa shape index (κ1) is 11.9. The van der Waals surface area contributed by atoms with Crippen molar-refractivity contribution in [3.05, 3.63) is 0 Å². The van der Waals surface area contributed by atoms with Crippen LogP contribution in [0.25, 0.3) is 0 Å². The summed E-state index contributed by atoms with van der Waals surface area (Å²) in [5, 5.41) is 5.82. The van der Waals surface area contributed by atoms with Gasteiger partial charge in [0.15, 0.2) is 0 Å². The van der Waals surface area contributed by atoms with Gasteiger partial charge in [0.05, 0.1) is 6.04 Å². The van der Waals surface area contributed by atoms with Gasteiger partial charge >= 0.3 is 6.09 Å². The van der Waals surface area contributed by atoms with Crippen molar-refractivity contribution in [1.82, 2.24) is 10.6 Å². The van der Waals surface area contributed by atoms with Gasteiger partial charge in [-0.05, 0) is 6.92 Å². The van der Waals surface area contributed by atoms with E-state index in [1.165, 1.54) is 0 Å². The van der Waals surface area contributed by atoms with E-state index in [9.17, 15) is 4.79 Å². The van der Waals surface area contributed by atoms with Crippen LogP contribution in [-0.2, 0) is 4.74 Å². The second-order valence-corrected chi connectivity index (χ2v) is 3.43. The molecule has 0 bridgehead atoms. The van der Waals surface area contributed by atoms with Gasteiger partial charge in [-0.1, -0.05) is 12.8 Å². The first-order chi connectivity index (χ1) is 7.26. The highest BCUT2D eigenvalue weighted by atomic mass is 16.6. The van der Waals surface area contributed by atoms with Crippen LogP contribution in [0, 0.1) is 11.8 Å². The van der Waals surface area contributed by atoms with E-state index in [0.29, 0.717) is 13.1 Å². The highest BCUT2D eigenvalue weighted by Crippen LogP contribution is 2.09. The molecule has 15 heavy (non-hydrogen) atoms. The van der Waals surface area contributed by atoms with Crippen LogP contribution in [0.3, 0.4) is 0 Å². The van der Waals surface area contributed by atoms with Crippen molar-refractivity contribution < 1.29 is 9.53 Å². The third-order valence-electron chi connectivity index (χ3n) is 2.14. The van der Waals surface area contributed by atoms with E-state index in [-0.39, 0.29) is 18.2 Å². The maximum Gasteiger partial charge on any atom is 0.407 e. The van der Waals surface area contributed by atoms with Gasteiger partial charge in [0.25, 0.3) is 0 Å². The van der Waals surface area contributed by atoms with E-state index < -0.39 is 0 Å². The lowest BCUT2D eigenvalue weighted by Crippen LogP contribution is -2.29. The fourth-order valence-corrected chi connectivity index (χ4v) is 1.47. The Labute approximate surface area is 90.8 Å². The quantitative estimate of drug-likeness (QED) is 0.665. The van der Waals surface area contributed by atoms with E-state index in [4.69, 9.17) is 4.74 Å². The Kier molecular flexibility index (Phi) is 4.99. The standard InChI is InChI=1S/C11H18N2O2/c1-3-5-6-9-7-10(8-13-9)15-11(14)12-4-2/h9-10,13H,3-4,7-8H2,1-2H3,(H,12,14)/t9-,10-/m0/s1. The molecule has 0 spiro atoms. The summed E-state index contributed by atoms with van der Waals surface area (Å²) in [5.74, 6) is 6.11. The molecule has 84 valence electrons. The molecule has 1 fully saturated rings. The average molecular weight is 210 g/mol. The third kappa shape index (κ3) is 4.22. The maximum absolute atomic E-state index is 11.1. The molecule has 1 aliphatic heterocycles. The molecule has 1 amide bonds. The lowest BCUT2D eigenvalue weighted by atomic mass is 10.2. The minimum atomic E-state index is -0.339. The first-order valence-corrected chi connectivity index (χ1v) is 5.42. The van der Waals surface area contributed by atoms with Crippen LogP contribution in [0.5, 0.6) is 0 Å². The monoisotopic (exact) mass is 210 g/mol. The summed E-state index contributed by atoms with van der Waals surface area (Å²) in [4.78, 5) is 11.1. The Morgan fingerprint density at radius 2 is 2.40 bits per heavy atom. The second kappa shape index (κ2) is 6.31. The third-order valence-corrected chi connectivity index (χ3v) is 2.14.